The number of carbonyl (C=O) groups excluding carboxylic acids is 1. The van der Waals surface area contributed by atoms with E-state index in [2.05, 4.69) is 129 Å². The molecule has 0 aliphatic carbocycles. The molecule has 0 saturated heterocycles. The van der Waals surface area contributed by atoms with Gasteiger partial charge in [-0.3, -0.25) is 4.79 Å². The van der Waals surface area contributed by atoms with Gasteiger partial charge in [0.25, 0.3) is 0 Å². The summed E-state index contributed by atoms with van der Waals surface area (Å²) in [4.78, 5) is 15.7. The number of aryl methyl sites for hydroxylation is 3. The third kappa shape index (κ3) is 8.38. The summed E-state index contributed by atoms with van der Waals surface area (Å²) >= 11 is 0. The van der Waals surface area contributed by atoms with E-state index in [9.17, 15) is 4.79 Å². The summed E-state index contributed by atoms with van der Waals surface area (Å²) in [5, 5.41) is 0. The Morgan fingerprint density at radius 3 is 1.95 bits per heavy atom. The van der Waals surface area contributed by atoms with Crippen LogP contribution >= 0.6 is 10.0 Å². The van der Waals surface area contributed by atoms with Crippen LogP contribution in [0.5, 0.6) is 0 Å². The summed E-state index contributed by atoms with van der Waals surface area (Å²) in [6, 6.07) is 13.4. The highest BCUT2D eigenvalue weighted by Gasteiger charge is 2.35. The molecule has 214 valence electrons. The van der Waals surface area contributed by atoms with E-state index in [1.165, 1.54) is 39.8 Å². The number of fused-ring (bicyclic) bond motifs is 1. The molecule has 1 heterocycles. The van der Waals surface area contributed by atoms with Crippen LogP contribution in [0.15, 0.2) is 36.4 Å². The topological polar surface area (TPSA) is 20.3 Å². The van der Waals surface area contributed by atoms with Crippen LogP contribution in [0.2, 0.25) is 0 Å². The van der Waals surface area contributed by atoms with Crippen molar-refractivity contribution in [1.29, 1.82) is 0 Å². The molecule has 38 heavy (non-hydrogen) atoms. The summed E-state index contributed by atoms with van der Waals surface area (Å²) in [6.45, 7) is 22.5. The van der Waals surface area contributed by atoms with Gasteiger partial charge in [-0.1, -0.05) is 84.9 Å². The fourth-order valence-electron chi connectivity index (χ4n) is 4.97. The van der Waals surface area contributed by atoms with Gasteiger partial charge in [0.1, 0.15) is 0 Å². The number of hydrogen-bond donors (Lipinski definition) is 0. The van der Waals surface area contributed by atoms with Crippen molar-refractivity contribution in [1.82, 2.24) is 4.90 Å². The van der Waals surface area contributed by atoms with Crippen LogP contribution in [0.4, 0.5) is 0 Å². The number of carbonyl (C=O) groups is 1. The maximum atomic E-state index is 13.5. The first-order valence-electron chi connectivity index (χ1n) is 14.5. The fourth-order valence-corrected chi connectivity index (χ4v) is 4.97. The molecule has 2 aromatic rings. The van der Waals surface area contributed by atoms with Gasteiger partial charge in [-0.2, -0.15) is 0 Å². The van der Waals surface area contributed by atoms with E-state index in [-0.39, 0.29) is 28.0 Å². The molecule has 1 amide bonds. The molecule has 0 aromatic heterocycles. The second-order valence-electron chi connectivity index (χ2n) is 14.3. The van der Waals surface area contributed by atoms with Crippen LogP contribution in [0, 0.1) is 19.3 Å². The maximum Gasteiger partial charge on any atom is 0.227 e. The summed E-state index contributed by atoms with van der Waals surface area (Å²) in [7, 11) is -0.340. The molecule has 3 heteroatoms. The molecule has 2 nitrogen and oxygen atoms in total. The van der Waals surface area contributed by atoms with Crippen molar-refractivity contribution in [2.24, 2.45) is 5.41 Å². The van der Waals surface area contributed by atoms with Crippen LogP contribution < -0.4 is 0 Å². The van der Waals surface area contributed by atoms with Crippen molar-refractivity contribution < 1.29 is 4.79 Å². The first-order valence-corrected chi connectivity index (χ1v) is 17.4. The van der Waals surface area contributed by atoms with E-state index in [1.807, 2.05) is 0 Å². The quantitative estimate of drug-likeness (QED) is 0.371. The Kier molecular flexibility index (Phi) is 10.8. The first kappa shape index (κ1) is 32.5. The van der Waals surface area contributed by atoms with Gasteiger partial charge in [0, 0.05) is 6.04 Å². The molecular formula is C35H57NOS. The van der Waals surface area contributed by atoms with Crippen molar-refractivity contribution in [2.75, 3.05) is 18.8 Å². The second kappa shape index (κ2) is 12.6. The van der Waals surface area contributed by atoms with E-state index >= 15 is 0 Å². The van der Waals surface area contributed by atoms with Crippen molar-refractivity contribution >= 4 is 15.9 Å². The average molecular weight is 540 g/mol. The predicted octanol–water partition coefficient (Wildman–Crippen LogP) is 9.23. The van der Waals surface area contributed by atoms with Gasteiger partial charge < -0.3 is 4.90 Å². The predicted molar refractivity (Wildman–Crippen MR) is 172 cm³/mol. The SMILES string of the molecule is CC(C)(C)S(C)(C)C.CC[C@H]1Cc2c(CCC(C)(C)C)cccc2C(C)N1C(=O)Cc1c(C)cccc1C. The Morgan fingerprint density at radius 1 is 0.947 bits per heavy atom. The van der Waals surface area contributed by atoms with Crippen LogP contribution in [-0.4, -0.2) is 40.4 Å². The van der Waals surface area contributed by atoms with Crippen molar-refractivity contribution in [3.8, 4) is 0 Å². The molecule has 0 N–H and O–H groups in total. The van der Waals surface area contributed by atoms with Crippen LogP contribution in [-0.2, 0) is 24.1 Å². The van der Waals surface area contributed by atoms with Gasteiger partial charge in [0.2, 0.25) is 5.91 Å². The molecule has 0 bridgehead atoms. The van der Waals surface area contributed by atoms with Crippen molar-refractivity contribution in [3.63, 3.8) is 0 Å². The Balaban J connectivity index is 0.000000550. The smallest absolute Gasteiger partial charge is 0.227 e. The molecule has 1 unspecified atom stereocenters. The van der Waals surface area contributed by atoms with E-state index < -0.39 is 0 Å². The van der Waals surface area contributed by atoms with Gasteiger partial charge in [-0.15, -0.1) is 0 Å². The molecule has 1 aliphatic heterocycles. The fraction of sp³-hybridized carbons (Fsp3) is 0.629. The zero-order valence-corrected chi connectivity index (χ0v) is 27.7. The second-order valence-corrected chi connectivity index (χ2v) is 19.2. The lowest BCUT2D eigenvalue weighted by Gasteiger charge is -2.43. The molecular weight excluding hydrogens is 482 g/mol. The number of nitrogens with zero attached hydrogens (tertiary/aromatic N) is 1. The molecule has 0 saturated carbocycles. The highest BCUT2D eigenvalue weighted by atomic mass is 32.3. The first-order chi connectivity index (χ1) is 17.4. The zero-order valence-electron chi connectivity index (χ0n) is 26.9. The molecule has 2 atom stereocenters. The Labute approximate surface area is 237 Å². The molecule has 1 aliphatic rings. The lowest BCUT2D eigenvalue weighted by molar-refractivity contribution is -0.136. The number of rotatable bonds is 5. The third-order valence-electron chi connectivity index (χ3n) is 8.72. The molecule has 0 spiro atoms. The van der Waals surface area contributed by atoms with Crippen molar-refractivity contribution in [2.45, 2.75) is 118 Å². The normalized spacial score (nSPS) is 18.4. The molecule has 0 radical (unpaired) electrons. The molecule has 2 aromatic carbocycles. The summed E-state index contributed by atoms with van der Waals surface area (Å²) in [6.07, 6.45) is 11.8. The highest BCUT2D eigenvalue weighted by molar-refractivity contribution is 8.33. The summed E-state index contributed by atoms with van der Waals surface area (Å²) in [5.41, 5.74) is 8.28. The van der Waals surface area contributed by atoms with E-state index in [4.69, 9.17) is 0 Å². The monoisotopic (exact) mass is 539 g/mol. The minimum atomic E-state index is -0.340. The van der Waals surface area contributed by atoms with Crippen LogP contribution in [0.25, 0.3) is 0 Å². The van der Waals surface area contributed by atoms with E-state index in [1.54, 1.807) is 0 Å². The van der Waals surface area contributed by atoms with E-state index in [0.717, 1.165) is 19.3 Å². The Bertz CT molecular complexity index is 1050. The Morgan fingerprint density at radius 2 is 1.47 bits per heavy atom. The largest absolute Gasteiger partial charge is 0.332 e. The van der Waals surface area contributed by atoms with Crippen LogP contribution in [0.1, 0.15) is 108 Å². The molecule has 0 fully saturated rings. The lowest BCUT2D eigenvalue weighted by Crippen LogP contribution is -2.47. The summed E-state index contributed by atoms with van der Waals surface area (Å²) in [5.74, 6) is 0.262. The minimum absolute atomic E-state index is 0.130. The lowest BCUT2D eigenvalue weighted by atomic mass is 9.81. The summed E-state index contributed by atoms with van der Waals surface area (Å²) < 4.78 is 0.521. The number of benzene rings is 2. The van der Waals surface area contributed by atoms with Crippen molar-refractivity contribution in [3.05, 3.63) is 69.8 Å². The Hall–Kier alpha value is -1.74. The zero-order chi connectivity index (χ0) is 29.1. The average Bonchev–Trinajstić information content (AvgIpc) is 2.78. The number of hydrogen-bond acceptors (Lipinski definition) is 1. The van der Waals surface area contributed by atoms with Gasteiger partial charge in [-0.25, -0.2) is 10.0 Å². The number of amides is 1. The van der Waals surface area contributed by atoms with Gasteiger partial charge in [0.15, 0.2) is 0 Å². The van der Waals surface area contributed by atoms with Gasteiger partial charge >= 0.3 is 0 Å². The van der Waals surface area contributed by atoms with Gasteiger partial charge in [-0.05, 0) is 109 Å². The minimum Gasteiger partial charge on any atom is -0.332 e. The standard InChI is InChI=1S/C28H39NO.C7H18S/c1-8-23-17-26-22(15-16-28(5,6)7)13-10-14-24(26)21(4)29(23)27(30)18-25-19(2)11-9-12-20(25)3;1-7(2,3)8(4,5)6/h9-14,21,23H,8,15-18H2,1-7H3;1-6H3/t21?,23-;/m0./s1. The highest BCUT2D eigenvalue weighted by Crippen LogP contribution is 2.48. The molecule has 3 rings (SSSR count). The van der Waals surface area contributed by atoms with Crippen LogP contribution in [0.3, 0.4) is 0 Å². The third-order valence-corrected chi connectivity index (χ3v) is 12.4. The maximum absolute atomic E-state index is 13.5. The van der Waals surface area contributed by atoms with Gasteiger partial charge in [0.05, 0.1) is 12.5 Å². The van der Waals surface area contributed by atoms with E-state index in [0.29, 0.717) is 16.6 Å².